The number of ketones is 1. The van der Waals surface area contributed by atoms with Gasteiger partial charge in [0.15, 0.2) is 23.1 Å². The van der Waals surface area contributed by atoms with E-state index in [2.05, 4.69) is 20.2 Å². The van der Waals surface area contributed by atoms with Crippen molar-refractivity contribution in [1.82, 2.24) is 4.90 Å². The zero-order chi connectivity index (χ0) is 23.6. The minimum atomic E-state index is -0.555. The van der Waals surface area contributed by atoms with E-state index < -0.39 is 5.82 Å². The highest BCUT2D eigenvalue weighted by Gasteiger charge is 2.34. The third-order valence-corrected chi connectivity index (χ3v) is 5.62. The lowest BCUT2D eigenvalue weighted by Gasteiger charge is -2.22. The van der Waals surface area contributed by atoms with Crippen LogP contribution in [0, 0.1) is 5.82 Å². The average Bonchev–Trinajstić information content (AvgIpc) is 3.07. The average molecular weight is 507 g/mol. The van der Waals surface area contributed by atoms with Crippen LogP contribution in [0.4, 0.5) is 4.39 Å². The summed E-state index contributed by atoms with van der Waals surface area (Å²) >= 11 is 3.09. The van der Waals surface area contributed by atoms with Crippen LogP contribution >= 0.6 is 16.1 Å². The standard InChI is InChI=1S/C24H28BrFN2O4/c1-6-31-19-11-15-12-28(23(27-25)20(15)21(26)22(19)32-7-2)13-18(30)14-8-9-17(29)16(10-14)24(3,4)5/h8-11,29H,6-7,12-13H2,1-5H3. The molecule has 0 atom stereocenters. The van der Waals surface area contributed by atoms with Crippen molar-refractivity contribution in [2.45, 2.75) is 46.6 Å². The maximum Gasteiger partial charge on any atom is 0.197 e. The van der Waals surface area contributed by atoms with E-state index in [1.54, 1.807) is 30.0 Å². The van der Waals surface area contributed by atoms with Crippen molar-refractivity contribution in [3.63, 3.8) is 0 Å². The first-order valence-electron chi connectivity index (χ1n) is 10.5. The summed E-state index contributed by atoms with van der Waals surface area (Å²) in [6.07, 6.45) is 0. The summed E-state index contributed by atoms with van der Waals surface area (Å²) < 4.78 is 30.6. The molecule has 32 heavy (non-hydrogen) atoms. The number of Topliss-reactive ketones (excluding diaryl/α,β-unsaturated/α-hetero) is 1. The first kappa shape index (κ1) is 24.0. The van der Waals surface area contributed by atoms with Gasteiger partial charge in [0.25, 0.3) is 0 Å². The van der Waals surface area contributed by atoms with Gasteiger partial charge >= 0.3 is 0 Å². The van der Waals surface area contributed by atoms with Crippen molar-refractivity contribution in [3.8, 4) is 17.2 Å². The van der Waals surface area contributed by atoms with E-state index in [0.29, 0.717) is 47.0 Å². The molecule has 0 saturated carbocycles. The number of phenolic OH excluding ortho intramolecular Hbond substituents is 1. The highest BCUT2D eigenvalue weighted by molar-refractivity contribution is 9.08. The van der Waals surface area contributed by atoms with Crippen molar-refractivity contribution in [1.29, 1.82) is 0 Å². The fourth-order valence-corrected chi connectivity index (χ4v) is 4.21. The molecule has 0 radical (unpaired) electrons. The summed E-state index contributed by atoms with van der Waals surface area (Å²) in [5.74, 6) is 0.140. The number of phenols is 1. The van der Waals surface area contributed by atoms with Crippen LogP contribution in [-0.2, 0) is 12.0 Å². The fraction of sp³-hybridized carbons (Fsp3) is 0.417. The summed E-state index contributed by atoms with van der Waals surface area (Å²) in [4.78, 5) is 14.8. The zero-order valence-corrected chi connectivity index (χ0v) is 20.5. The van der Waals surface area contributed by atoms with E-state index in [1.807, 2.05) is 27.7 Å². The zero-order valence-electron chi connectivity index (χ0n) is 19.0. The van der Waals surface area contributed by atoms with E-state index in [9.17, 15) is 9.90 Å². The SMILES string of the molecule is CCOc1cc2c(c(F)c1OCC)C(=NBr)N(CC(=O)c1ccc(O)c(C(C)(C)C)c1)C2. The Kier molecular flexibility index (Phi) is 7.12. The lowest BCUT2D eigenvalue weighted by atomic mass is 9.85. The summed E-state index contributed by atoms with van der Waals surface area (Å²) in [6, 6.07) is 6.59. The molecule has 0 fully saturated rings. The van der Waals surface area contributed by atoms with E-state index in [1.165, 1.54) is 6.07 Å². The van der Waals surface area contributed by atoms with Crippen LogP contribution in [0.25, 0.3) is 0 Å². The van der Waals surface area contributed by atoms with Gasteiger partial charge in [-0.3, -0.25) is 4.79 Å². The minimum Gasteiger partial charge on any atom is -0.508 e. The quantitative estimate of drug-likeness (QED) is 0.510. The second-order valence-electron chi connectivity index (χ2n) is 8.59. The molecule has 1 heterocycles. The number of hydrogen-bond donors (Lipinski definition) is 1. The molecule has 0 aliphatic carbocycles. The fourth-order valence-electron chi connectivity index (χ4n) is 3.81. The van der Waals surface area contributed by atoms with Crippen LogP contribution in [0.3, 0.4) is 0 Å². The lowest BCUT2D eigenvalue weighted by Crippen LogP contribution is -2.31. The molecule has 3 rings (SSSR count). The number of carbonyl (C=O) groups excluding carboxylic acids is 1. The third kappa shape index (κ3) is 4.60. The van der Waals surface area contributed by atoms with Crippen molar-refractivity contribution >= 4 is 27.8 Å². The van der Waals surface area contributed by atoms with Gasteiger partial charge in [-0.05, 0) is 54.7 Å². The summed E-state index contributed by atoms with van der Waals surface area (Å²) in [7, 11) is 0. The van der Waals surface area contributed by atoms with Gasteiger partial charge in [0.1, 0.15) is 11.6 Å². The molecule has 2 aromatic carbocycles. The molecule has 1 aliphatic heterocycles. The number of hydrogen-bond acceptors (Lipinski definition) is 5. The molecule has 0 amide bonds. The molecule has 1 aliphatic rings. The summed E-state index contributed by atoms with van der Waals surface area (Å²) in [6.45, 7) is 10.5. The molecule has 8 heteroatoms. The topological polar surface area (TPSA) is 71.4 Å². The normalized spacial score (nSPS) is 14.6. The number of amidine groups is 1. The molecule has 0 saturated heterocycles. The number of fused-ring (bicyclic) bond motifs is 1. The molecule has 6 nitrogen and oxygen atoms in total. The smallest absolute Gasteiger partial charge is 0.197 e. The van der Waals surface area contributed by atoms with Crippen molar-refractivity contribution in [2.75, 3.05) is 19.8 Å². The molecule has 0 aromatic heterocycles. The highest BCUT2D eigenvalue weighted by Crippen LogP contribution is 2.39. The Labute approximate surface area is 196 Å². The number of halogens is 2. The van der Waals surface area contributed by atoms with E-state index in [0.717, 1.165) is 0 Å². The van der Waals surface area contributed by atoms with Crippen LogP contribution in [-0.4, -0.2) is 41.4 Å². The van der Waals surface area contributed by atoms with Gasteiger partial charge in [-0.2, -0.15) is 4.02 Å². The molecule has 2 aromatic rings. The molecule has 172 valence electrons. The maximum absolute atomic E-state index is 15.4. The van der Waals surface area contributed by atoms with E-state index >= 15 is 4.39 Å². The van der Waals surface area contributed by atoms with Gasteiger partial charge in [0.2, 0.25) is 0 Å². The first-order valence-corrected chi connectivity index (χ1v) is 11.2. The number of rotatable bonds is 7. The molecule has 0 unspecified atom stereocenters. The minimum absolute atomic E-state index is 0.000841. The van der Waals surface area contributed by atoms with Crippen molar-refractivity contribution in [3.05, 3.63) is 52.3 Å². The van der Waals surface area contributed by atoms with Crippen molar-refractivity contribution < 1.29 is 23.8 Å². The first-order chi connectivity index (χ1) is 15.1. The van der Waals surface area contributed by atoms with Gasteiger partial charge in [-0.1, -0.05) is 20.8 Å². The van der Waals surface area contributed by atoms with Gasteiger partial charge < -0.3 is 19.5 Å². The Hall–Kier alpha value is -2.61. The summed E-state index contributed by atoms with van der Waals surface area (Å²) in [5.41, 5.74) is 1.81. The van der Waals surface area contributed by atoms with Crippen LogP contribution in [0.1, 0.15) is 61.7 Å². The van der Waals surface area contributed by atoms with Gasteiger partial charge in [-0.15, -0.1) is 0 Å². The number of nitrogens with zero attached hydrogens (tertiary/aromatic N) is 2. The molecule has 0 bridgehead atoms. The lowest BCUT2D eigenvalue weighted by molar-refractivity contribution is 0.0963. The Morgan fingerprint density at radius 3 is 2.50 bits per heavy atom. The number of ether oxygens (including phenoxy) is 2. The van der Waals surface area contributed by atoms with Crippen LogP contribution in [0.15, 0.2) is 28.3 Å². The molecular formula is C24H28BrFN2O4. The maximum atomic E-state index is 15.4. The van der Waals surface area contributed by atoms with Crippen LogP contribution < -0.4 is 9.47 Å². The largest absolute Gasteiger partial charge is 0.508 e. The number of aromatic hydroxyl groups is 1. The van der Waals surface area contributed by atoms with Gasteiger partial charge in [-0.25, -0.2) is 4.39 Å². The van der Waals surface area contributed by atoms with E-state index in [4.69, 9.17) is 9.47 Å². The monoisotopic (exact) mass is 506 g/mol. The second-order valence-corrected chi connectivity index (χ2v) is 8.94. The Balaban J connectivity index is 1.93. The predicted octanol–water partition coefficient (Wildman–Crippen LogP) is 5.38. The predicted molar refractivity (Wildman–Crippen MR) is 126 cm³/mol. The Morgan fingerprint density at radius 1 is 1.22 bits per heavy atom. The van der Waals surface area contributed by atoms with Crippen LogP contribution in [0.5, 0.6) is 17.2 Å². The molecular weight excluding hydrogens is 479 g/mol. The third-order valence-electron chi connectivity index (χ3n) is 5.28. The molecule has 1 N–H and O–H groups in total. The van der Waals surface area contributed by atoms with Crippen LogP contribution in [0.2, 0.25) is 0 Å². The van der Waals surface area contributed by atoms with Crippen molar-refractivity contribution in [2.24, 2.45) is 4.02 Å². The highest BCUT2D eigenvalue weighted by atomic mass is 79.9. The number of benzene rings is 2. The van der Waals surface area contributed by atoms with E-state index in [-0.39, 0.29) is 35.8 Å². The Morgan fingerprint density at radius 2 is 1.91 bits per heavy atom. The Bertz CT molecular complexity index is 1060. The number of carbonyl (C=O) groups is 1. The molecule has 0 spiro atoms. The van der Waals surface area contributed by atoms with Gasteiger partial charge in [0, 0.05) is 12.1 Å². The second kappa shape index (κ2) is 9.48. The van der Waals surface area contributed by atoms with Gasteiger partial charge in [0.05, 0.1) is 41.5 Å². The summed E-state index contributed by atoms with van der Waals surface area (Å²) in [5, 5.41) is 10.2.